The van der Waals surface area contributed by atoms with E-state index in [9.17, 15) is 9.59 Å². The number of aromatic nitrogens is 2. The highest BCUT2D eigenvalue weighted by atomic mass is 16.5. The van der Waals surface area contributed by atoms with Gasteiger partial charge in [0.1, 0.15) is 11.8 Å². The lowest BCUT2D eigenvalue weighted by molar-refractivity contribution is 0.0691. The van der Waals surface area contributed by atoms with Gasteiger partial charge in [0.05, 0.1) is 31.7 Å². The van der Waals surface area contributed by atoms with Gasteiger partial charge in [-0.15, -0.1) is 0 Å². The number of methoxy groups -OCH3 is 2. The molecule has 2 aromatic carbocycles. The minimum absolute atomic E-state index is 0.0699. The predicted octanol–water partition coefficient (Wildman–Crippen LogP) is 2.48. The summed E-state index contributed by atoms with van der Waals surface area (Å²) in [5.41, 5.74) is 0.474. The highest BCUT2D eigenvalue weighted by Gasteiger charge is 2.23. The quantitative estimate of drug-likeness (QED) is 0.543. The lowest BCUT2D eigenvalue weighted by Gasteiger charge is -2.26. The molecule has 1 saturated heterocycles. The SMILES string of the molecule is COc1ccc(Cn2c(=O)c3cc(OCC#N)ccc3n(C3CCOCC3)c2=O)cc1OC. The molecule has 0 unspecified atom stereocenters. The first-order chi connectivity index (χ1) is 16.1. The summed E-state index contributed by atoms with van der Waals surface area (Å²) in [6.07, 6.45) is 1.35. The van der Waals surface area contributed by atoms with Crippen molar-refractivity contribution in [2.24, 2.45) is 0 Å². The summed E-state index contributed by atoms with van der Waals surface area (Å²) >= 11 is 0. The molecule has 172 valence electrons. The van der Waals surface area contributed by atoms with E-state index in [1.807, 2.05) is 6.07 Å². The average Bonchev–Trinajstić information content (AvgIpc) is 2.86. The van der Waals surface area contributed by atoms with Crippen LogP contribution in [-0.2, 0) is 11.3 Å². The second-order valence-corrected chi connectivity index (χ2v) is 7.70. The lowest BCUT2D eigenvalue weighted by atomic mass is 10.1. The molecule has 9 nitrogen and oxygen atoms in total. The topological polar surface area (TPSA) is 105 Å². The van der Waals surface area contributed by atoms with Crippen LogP contribution in [-0.4, -0.2) is 43.2 Å². The maximum atomic E-state index is 13.6. The largest absolute Gasteiger partial charge is 0.493 e. The highest BCUT2D eigenvalue weighted by Crippen LogP contribution is 2.28. The molecule has 2 heterocycles. The Morgan fingerprint density at radius 2 is 1.82 bits per heavy atom. The summed E-state index contributed by atoms with van der Waals surface area (Å²) in [5.74, 6) is 1.47. The van der Waals surface area contributed by atoms with Crippen molar-refractivity contribution in [3.63, 3.8) is 0 Å². The summed E-state index contributed by atoms with van der Waals surface area (Å²) in [4.78, 5) is 27.0. The third kappa shape index (κ3) is 4.43. The Morgan fingerprint density at radius 3 is 2.52 bits per heavy atom. The van der Waals surface area contributed by atoms with Gasteiger partial charge in [0.15, 0.2) is 18.1 Å². The lowest BCUT2D eigenvalue weighted by Crippen LogP contribution is -2.42. The van der Waals surface area contributed by atoms with Gasteiger partial charge in [-0.1, -0.05) is 6.07 Å². The third-order valence-corrected chi connectivity index (χ3v) is 5.79. The number of ether oxygens (including phenoxy) is 4. The Bertz CT molecular complexity index is 1310. The van der Waals surface area contributed by atoms with E-state index in [1.165, 1.54) is 11.7 Å². The summed E-state index contributed by atoms with van der Waals surface area (Å²) in [7, 11) is 3.08. The van der Waals surface area contributed by atoms with E-state index in [2.05, 4.69) is 0 Å². The fraction of sp³-hybridized carbons (Fsp3) is 0.375. The van der Waals surface area contributed by atoms with Crippen molar-refractivity contribution >= 4 is 10.9 Å². The number of fused-ring (bicyclic) bond motifs is 1. The zero-order valence-corrected chi connectivity index (χ0v) is 18.6. The van der Waals surface area contributed by atoms with Gasteiger partial charge in [-0.05, 0) is 48.7 Å². The van der Waals surface area contributed by atoms with Gasteiger partial charge in [-0.2, -0.15) is 5.26 Å². The van der Waals surface area contributed by atoms with E-state index in [4.69, 9.17) is 24.2 Å². The molecule has 0 amide bonds. The van der Waals surface area contributed by atoms with Crippen LogP contribution in [0, 0.1) is 11.3 Å². The Labute approximate surface area is 190 Å². The van der Waals surface area contributed by atoms with Gasteiger partial charge in [0.2, 0.25) is 0 Å². The molecule has 3 aromatic rings. The van der Waals surface area contributed by atoms with Gasteiger partial charge in [-0.25, -0.2) is 4.79 Å². The monoisotopic (exact) mass is 451 g/mol. The Morgan fingerprint density at radius 1 is 1.06 bits per heavy atom. The summed E-state index contributed by atoms with van der Waals surface area (Å²) < 4.78 is 24.4. The summed E-state index contributed by atoms with van der Waals surface area (Å²) in [5, 5.41) is 9.18. The van der Waals surface area contributed by atoms with E-state index < -0.39 is 5.56 Å². The molecule has 0 bridgehead atoms. The molecule has 1 aliphatic heterocycles. The molecule has 0 aliphatic carbocycles. The van der Waals surface area contributed by atoms with Crippen LogP contribution in [0.2, 0.25) is 0 Å². The molecule has 0 saturated carbocycles. The molecule has 0 spiro atoms. The van der Waals surface area contributed by atoms with Crippen LogP contribution in [0.5, 0.6) is 17.2 Å². The van der Waals surface area contributed by atoms with Crippen LogP contribution in [0.15, 0.2) is 46.0 Å². The van der Waals surface area contributed by atoms with E-state index in [1.54, 1.807) is 48.1 Å². The van der Waals surface area contributed by atoms with Crippen molar-refractivity contribution in [1.29, 1.82) is 5.26 Å². The Kier molecular flexibility index (Phi) is 6.66. The van der Waals surface area contributed by atoms with Crippen LogP contribution in [0.4, 0.5) is 0 Å². The average molecular weight is 451 g/mol. The van der Waals surface area contributed by atoms with E-state index in [-0.39, 0.29) is 24.9 Å². The fourth-order valence-corrected chi connectivity index (χ4v) is 4.16. The zero-order chi connectivity index (χ0) is 23.4. The molecule has 1 aromatic heterocycles. The number of rotatable bonds is 7. The van der Waals surface area contributed by atoms with Crippen molar-refractivity contribution in [2.45, 2.75) is 25.4 Å². The molecule has 33 heavy (non-hydrogen) atoms. The van der Waals surface area contributed by atoms with Crippen LogP contribution in [0.1, 0.15) is 24.4 Å². The number of nitriles is 1. The first kappa shape index (κ1) is 22.4. The molecule has 9 heteroatoms. The summed E-state index contributed by atoms with van der Waals surface area (Å²) in [6.45, 7) is 1.04. The van der Waals surface area contributed by atoms with E-state index in [0.29, 0.717) is 54.2 Å². The maximum Gasteiger partial charge on any atom is 0.332 e. The zero-order valence-electron chi connectivity index (χ0n) is 18.6. The van der Waals surface area contributed by atoms with Crippen LogP contribution in [0.25, 0.3) is 10.9 Å². The molecule has 0 atom stereocenters. The second kappa shape index (κ2) is 9.79. The van der Waals surface area contributed by atoms with Crippen molar-refractivity contribution in [3.8, 4) is 23.3 Å². The molecule has 0 N–H and O–H groups in total. The first-order valence-corrected chi connectivity index (χ1v) is 10.6. The number of hydrogen-bond acceptors (Lipinski definition) is 7. The van der Waals surface area contributed by atoms with E-state index >= 15 is 0 Å². The van der Waals surface area contributed by atoms with Crippen LogP contribution in [0.3, 0.4) is 0 Å². The fourth-order valence-electron chi connectivity index (χ4n) is 4.16. The van der Waals surface area contributed by atoms with Crippen LogP contribution < -0.4 is 25.5 Å². The Hall–Kier alpha value is -3.77. The third-order valence-electron chi connectivity index (χ3n) is 5.79. The Balaban J connectivity index is 1.88. The van der Waals surface area contributed by atoms with E-state index in [0.717, 1.165) is 5.56 Å². The van der Waals surface area contributed by atoms with Gasteiger partial charge >= 0.3 is 5.69 Å². The van der Waals surface area contributed by atoms with Gasteiger partial charge in [0.25, 0.3) is 5.56 Å². The molecular formula is C24H25N3O6. The molecule has 0 radical (unpaired) electrons. The minimum atomic E-state index is -0.421. The molecular weight excluding hydrogens is 426 g/mol. The molecule has 1 aliphatic rings. The van der Waals surface area contributed by atoms with Crippen molar-refractivity contribution in [1.82, 2.24) is 9.13 Å². The standard InChI is InChI=1S/C24H25N3O6/c1-30-21-6-3-16(13-22(21)31-2)15-26-23(28)19-14-18(33-12-9-25)4-5-20(19)27(24(26)29)17-7-10-32-11-8-17/h3-6,13-14,17H,7-8,10-12,15H2,1-2H3. The maximum absolute atomic E-state index is 13.6. The van der Waals surface area contributed by atoms with Crippen LogP contribution >= 0.6 is 0 Å². The minimum Gasteiger partial charge on any atom is -0.493 e. The van der Waals surface area contributed by atoms with Crippen molar-refractivity contribution in [2.75, 3.05) is 34.0 Å². The number of hydrogen-bond donors (Lipinski definition) is 0. The normalized spacial score (nSPS) is 14.1. The summed E-state index contributed by atoms with van der Waals surface area (Å²) in [6, 6.07) is 12.1. The smallest absolute Gasteiger partial charge is 0.332 e. The number of nitrogens with zero attached hydrogens (tertiary/aromatic N) is 3. The van der Waals surface area contributed by atoms with Crippen molar-refractivity contribution < 1.29 is 18.9 Å². The predicted molar refractivity (Wildman–Crippen MR) is 121 cm³/mol. The number of benzene rings is 2. The van der Waals surface area contributed by atoms with Gasteiger partial charge < -0.3 is 18.9 Å². The first-order valence-electron chi connectivity index (χ1n) is 10.6. The second-order valence-electron chi connectivity index (χ2n) is 7.70. The van der Waals surface area contributed by atoms with Gasteiger partial charge in [0, 0.05) is 19.3 Å². The van der Waals surface area contributed by atoms with Gasteiger partial charge in [-0.3, -0.25) is 13.9 Å². The van der Waals surface area contributed by atoms with Crippen molar-refractivity contribution in [3.05, 3.63) is 62.8 Å². The highest BCUT2D eigenvalue weighted by molar-refractivity contribution is 5.80. The molecule has 1 fully saturated rings. The molecule has 4 rings (SSSR count).